The summed E-state index contributed by atoms with van der Waals surface area (Å²) in [4.78, 5) is 14.8. The molecule has 2 rings (SSSR count). The minimum atomic E-state index is -0.460. The molecule has 1 heterocycles. The van der Waals surface area contributed by atoms with Crippen molar-refractivity contribution < 1.29 is 9.53 Å². The molecule has 0 aliphatic carbocycles. The number of ether oxygens (including phenoxy) is 1. The zero-order valence-electron chi connectivity index (χ0n) is 15.1. The summed E-state index contributed by atoms with van der Waals surface area (Å²) >= 11 is 0. The Hall–Kier alpha value is -0.850. The number of nitrogens with zero attached hydrogens (tertiary/aromatic N) is 1. The molecule has 0 spiro atoms. The van der Waals surface area contributed by atoms with Gasteiger partial charge in [-0.05, 0) is 37.6 Å². The van der Waals surface area contributed by atoms with Crippen molar-refractivity contribution in [1.82, 2.24) is 10.2 Å². The van der Waals surface area contributed by atoms with E-state index in [1.54, 1.807) is 0 Å². The fourth-order valence-corrected chi connectivity index (χ4v) is 2.92. The molecule has 0 saturated carbocycles. The van der Waals surface area contributed by atoms with Gasteiger partial charge < -0.3 is 20.7 Å². The summed E-state index contributed by atoms with van der Waals surface area (Å²) in [5.41, 5.74) is 7.81. The summed E-state index contributed by atoms with van der Waals surface area (Å²) in [5, 5.41) is 3.07. The quantitative estimate of drug-likeness (QED) is 0.748. The van der Waals surface area contributed by atoms with Crippen LogP contribution < -0.4 is 11.1 Å². The van der Waals surface area contributed by atoms with E-state index in [-0.39, 0.29) is 30.7 Å². The maximum Gasteiger partial charge on any atom is 0.227 e. The Morgan fingerprint density at radius 3 is 2.52 bits per heavy atom. The molecule has 0 unspecified atom stereocenters. The van der Waals surface area contributed by atoms with Crippen LogP contribution in [0.1, 0.15) is 30.9 Å². The largest absolute Gasteiger partial charge is 0.381 e. The van der Waals surface area contributed by atoms with Crippen LogP contribution in [0.4, 0.5) is 0 Å². The number of carbonyl (C=O) groups is 1. The molecule has 1 saturated heterocycles. The van der Waals surface area contributed by atoms with E-state index < -0.39 is 5.41 Å². The van der Waals surface area contributed by atoms with Gasteiger partial charge in [-0.15, -0.1) is 24.8 Å². The van der Waals surface area contributed by atoms with Crippen molar-refractivity contribution in [3.8, 4) is 0 Å². The van der Waals surface area contributed by atoms with E-state index in [2.05, 4.69) is 42.4 Å². The molecule has 0 atom stereocenters. The summed E-state index contributed by atoms with van der Waals surface area (Å²) in [6, 6.07) is 8.38. The summed E-state index contributed by atoms with van der Waals surface area (Å²) in [6.45, 7) is 6.23. The molecule has 1 aliphatic heterocycles. The fourth-order valence-electron chi connectivity index (χ4n) is 2.92. The molecule has 1 aromatic rings. The third-order valence-electron chi connectivity index (χ3n) is 4.76. The van der Waals surface area contributed by atoms with Gasteiger partial charge in [0.1, 0.15) is 0 Å². The van der Waals surface area contributed by atoms with Crippen LogP contribution in [0.15, 0.2) is 24.3 Å². The summed E-state index contributed by atoms with van der Waals surface area (Å²) in [6.07, 6.45) is 1.41. The van der Waals surface area contributed by atoms with Crippen molar-refractivity contribution in [2.24, 2.45) is 11.1 Å². The van der Waals surface area contributed by atoms with E-state index >= 15 is 0 Å². The Bertz CT molecular complexity index is 523. The van der Waals surface area contributed by atoms with Crippen LogP contribution in [0.3, 0.4) is 0 Å². The van der Waals surface area contributed by atoms with E-state index in [1.165, 1.54) is 5.56 Å². The van der Waals surface area contributed by atoms with Crippen molar-refractivity contribution in [3.63, 3.8) is 0 Å². The maximum absolute atomic E-state index is 12.6. The number of nitrogens with one attached hydrogen (secondary N) is 1. The molecule has 3 N–H and O–H groups in total. The van der Waals surface area contributed by atoms with Crippen LogP contribution in [0.25, 0.3) is 0 Å². The van der Waals surface area contributed by atoms with Crippen LogP contribution >= 0.6 is 24.8 Å². The highest BCUT2D eigenvalue weighted by atomic mass is 35.5. The van der Waals surface area contributed by atoms with Gasteiger partial charge in [-0.1, -0.05) is 31.2 Å². The zero-order valence-corrected chi connectivity index (χ0v) is 16.8. The molecule has 25 heavy (non-hydrogen) atoms. The predicted molar refractivity (Wildman–Crippen MR) is 106 cm³/mol. The van der Waals surface area contributed by atoms with Gasteiger partial charge in [-0.2, -0.15) is 0 Å². The van der Waals surface area contributed by atoms with E-state index in [9.17, 15) is 4.79 Å². The average Bonchev–Trinajstić information content (AvgIpc) is 2.60. The van der Waals surface area contributed by atoms with Crippen LogP contribution in [0, 0.1) is 5.41 Å². The van der Waals surface area contributed by atoms with Crippen molar-refractivity contribution in [2.75, 3.05) is 33.4 Å². The molecular weight excluding hydrogens is 361 g/mol. The highest BCUT2D eigenvalue weighted by Gasteiger charge is 2.38. The lowest BCUT2D eigenvalue weighted by Crippen LogP contribution is -2.48. The molecule has 1 aromatic carbocycles. The molecule has 5 nitrogen and oxygen atoms in total. The number of nitrogens with two attached hydrogens (primary N) is 1. The maximum atomic E-state index is 12.6. The topological polar surface area (TPSA) is 67.6 Å². The van der Waals surface area contributed by atoms with Gasteiger partial charge in [0, 0.05) is 32.8 Å². The van der Waals surface area contributed by atoms with Gasteiger partial charge in [0.2, 0.25) is 5.91 Å². The van der Waals surface area contributed by atoms with Crippen LogP contribution in [0.5, 0.6) is 0 Å². The zero-order chi connectivity index (χ0) is 16.7. The molecule has 1 amide bonds. The van der Waals surface area contributed by atoms with E-state index in [1.807, 2.05) is 6.07 Å². The minimum absolute atomic E-state index is 0. The predicted octanol–water partition coefficient (Wildman–Crippen LogP) is 2.35. The van der Waals surface area contributed by atoms with Gasteiger partial charge in [0.15, 0.2) is 0 Å². The Morgan fingerprint density at radius 2 is 1.92 bits per heavy atom. The Labute approximate surface area is 163 Å². The minimum Gasteiger partial charge on any atom is -0.381 e. The first-order valence-electron chi connectivity index (χ1n) is 8.42. The number of hydrogen-bond acceptors (Lipinski definition) is 4. The third kappa shape index (κ3) is 6.76. The number of benzene rings is 1. The first-order valence-corrected chi connectivity index (χ1v) is 8.42. The average molecular weight is 392 g/mol. The third-order valence-corrected chi connectivity index (χ3v) is 4.76. The fraction of sp³-hybridized carbons (Fsp3) is 0.611. The standard InChI is InChI=1S/C18H29N3O2.2ClH/c1-3-21(2)13-16-6-4-5-15(11-16)12-20-17(22)18(14-19)7-9-23-10-8-18;;/h4-6,11H,3,7-10,12-14,19H2,1-2H3,(H,20,22);2*1H. The monoisotopic (exact) mass is 391 g/mol. The number of halogens is 2. The first-order chi connectivity index (χ1) is 11.1. The second-order valence-electron chi connectivity index (χ2n) is 6.43. The summed E-state index contributed by atoms with van der Waals surface area (Å²) in [5.74, 6) is 0.0550. The van der Waals surface area contributed by atoms with Crippen molar-refractivity contribution in [2.45, 2.75) is 32.9 Å². The molecule has 7 heteroatoms. The molecule has 0 bridgehead atoms. The van der Waals surface area contributed by atoms with Crippen LogP contribution in [-0.4, -0.2) is 44.2 Å². The molecule has 0 radical (unpaired) electrons. The summed E-state index contributed by atoms with van der Waals surface area (Å²) < 4.78 is 5.36. The number of hydrogen-bond donors (Lipinski definition) is 2. The van der Waals surface area contributed by atoms with Crippen LogP contribution in [-0.2, 0) is 22.6 Å². The van der Waals surface area contributed by atoms with E-state index in [0.29, 0.717) is 39.1 Å². The van der Waals surface area contributed by atoms with Crippen molar-refractivity contribution >= 4 is 30.7 Å². The number of carbonyl (C=O) groups excluding carboxylic acids is 1. The Morgan fingerprint density at radius 1 is 1.28 bits per heavy atom. The van der Waals surface area contributed by atoms with E-state index in [4.69, 9.17) is 10.5 Å². The summed E-state index contributed by atoms with van der Waals surface area (Å²) in [7, 11) is 2.10. The van der Waals surface area contributed by atoms with Crippen molar-refractivity contribution in [1.29, 1.82) is 0 Å². The first kappa shape index (κ1) is 24.1. The highest BCUT2D eigenvalue weighted by Crippen LogP contribution is 2.29. The lowest BCUT2D eigenvalue weighted by atomic mass is 9.79. The normalized spacial score (nSPS) is 15.8. The van der Waals surface area contributed by atoms with Crippen molar-refractivity contribution in [3.05, 3.63) is 35.4 Å². The Balaban J connectivity index is 0.00000288. The lowest BCUT2D eigenvalue weighted by Gasteiger charge is -2.34. The molecule has 0 aromatic heterocycles. The SMILES string of the molecule is CCN(C)Cc1cccc(CNC(=O)C2(CN)CCOCC2)c1.Cl.Cl. The van der Waals surface area contributed by atoms with E-state index in [0.717, 1.165) is 18.7 Å². The van der Waals surface area contributed by atoms with Gasteiger partial charge in [-0.3, -0.25) is 4.79 Å². The highest BCUT2D eigenvalue weighted by molar-refractivity contribution is 5.85. The Kier molecular flexibility index (Phi) is 11.3. The van der Waals surface area contributed by atoms with Gasteiger partial charge in [0.05, 0.1) is 5.41 Å². The molecule has 1 aliphatic rings. The van der Waals surface area contributed by atoms with Gasteiger partial charge in [-0.25, -0.2) is 0 Å². The molecule has 1 fully saturated rings. The number of rotatable bonds is 7. The smallest absolute Gasteiger partial charge is 0.227 e. The van der Waals surface area contributed by atoms with Gasteiger partial charge in [0.25, 0.3) is 0 Å². The van der Waals surface area contributed by atoms with Crippen LogP contribution in [0.2, 0.25) is 0 Å². The lowest BCUT2D eigenvalue weighted by molar-refractivity contribution is -0.136. The molecule has 144 valence electrons. The second kappa shape index (κ2) is 11.7. The molecular formula is C18H31Cl2N3O2. The van der Waals surface area contributed by atoms with Gasteiger partial charge >= 0.3 is 0 Å². The number of amides is 1. The second-order valence-corrected chi connectivity index (χ2v) is 6.43.